The Morgan fingerprint density at radius 2 is 1.72 bits per heavy atom. The second-order valence-electron chi connectivity index (χ2n) is 10.9. The second-order valence-corrected chi connectivity index (χ2v) is 11.7. The number of nitrogens with one attached hydrogen (secondary N) is 1. The van der Waals surface area contributed by atoms with Gasteiger partial charge in [0.05, 0.1) is 34.7 Å². The molecular weight excluding hydrogens is 524 g/mol. The Labute approximate surface area is 240 Å². The summed E-state index contributed by atoms with van der Waals surface area (Å²) in [6.45, 7) is 7.36. The smallest absolute Gasteiger partial charge is 0.174 e. The number of aromatic nitrogens is 3. The third-order valence-corrected chi connectivity index (χ3v) is 8.36. The minimum atomic E-state index is -0.127. The number of benzene rings is 1. The maximum absolute atomic E-state index is 6.99. The predicted molar refractivity (Wildman–Crippen MR) is 162 cm³/mol. The first kappa shape index (κ1) is 25.8. The number of rotatable bonds is 6. The molecule has 0 amide bonds. The van der Waals surface area contributed by atoms with E-state index in [-0.39, 0.29) is 12.1 Å². The summed E-state index contributed by atoms with van der Waals surface area (Å²) in [5.41, 5.74) is 5.13. The van der Waals surface area contributed by atoms with Gasteiger partial charge in [-0.25, -0.2) is 0 Å². The van der Waals surface area contributed by atoms with Crippen molar-refractivity contribution in [3.8, 4) is 0 Å². The molecule has 1 aromatic carbocycles. The van der Waals surface area contributed by atoms with E-state index in [2.05, 4.69) is 87.2 Å². The van der Waals surface area contributed by atoms with Gasteiger partial charge in [-0.2, -0.15) is 0 Å². The first-order valence-electron chi connectivity index (χ1n) is 13.6. The number of piperidine rings is 1. The lowest BCUT2D eigenvalue weighted by Gasteiger charge is -2.37. The predicted octanol–water partition coefficient (Wildman–Crippen LogP) is 6.64. The fraction of sp³-hybridized carbons (Fsp3) is 0.323. The molecule has 2 aliphatic rings. The minimum absolute atomic E-state index is 0.122. The first-order chi connectivity index (χ1) is 19.0. The van der Waals surface area contributed by atoms with Gasteiger partial charge in [0.2, 0.25) is 0 Å². The number of halogens is 1. The quantitative estimate of drug-likeness (QED) is 0.269. The van der Waals surface area contributed by atoms with Crippen LogP contribution in [0.1, 0.15) is 49.4 Å². The van der Waals surface area contributed by atoms with Gasteiger partial charge in [-0.1, -0.05) is 37.6 Å². The van der Waals surface area contributed by atoms with E-state index in [1.54, 1.807) is 0 Å². The van der Waals surface area contributed by atoms with E-state index in [0.29, 0.717) is 23.5 Å². The van der Waals surface area contributed by atoms with Crippen molar-refractivity contribution in [2.45, 2.75) is 38.9 Å². The molecule has 2 saturated heterocycles. The van der Waals surface area contributed by atoms with E-state index in [4.69, 9.17) is 28.8 Å². The van der Waals surface area contributed by atoms with E-state index in [1.165, 1.54) is 6.42 Å². The summed E-state index contributed by atoms with van der Waals surface area (Å²) >= 11 is 13.0. The van der Waals surface area contributed by atoms with Crippen LogP contribution in [0, 0.1) is 11.8 Å². The Morgan fingerprint density at radius 3 is 2.41 bits per heavy atom. The van der Waals surface area contributed by atoms with Gasteiger partial charge in [0.25, 0.3) is 0 Å². The van der Waals surface area contributed by atoms with Crippen LogP contribution in [0.15, 0.2) is 85.3 Å². The van der Waals surface area contributed by atoms with Crippen LogP contribution in [0.5, 0.6) is 0 Å². The van der Waals surface area contributed by atoms with E-state index in [0.717, 1.165) is 46.6 Å². The summed E-state index contributed by atoms with van der Waals surface area (Å²) in [5.74, 6) is 1.30. The molecule has 200 valence electrons. The number of hydrogen-bond acceptors (Lipinski definition) is 4. The average Bonchev–Trinajstić information content (AvgIpc) is 3.52. The molecule has 2 aliphatic heterocycles. The van der Waals surface area contributed by atoms with E-state index < -0.39 is 0 Å². The number of nitrogens with zero attached hydrogens (tertiary/aromatic N) is 5. The molecule has 1 N–H and O–H groups in total. The van der Waals surface area contributed by atoms with Gasteiger partial charge in [0.1, 0.15) is 6.04 Å². The summed E-state index contributed by atoms with van der Waals surface area (Å²) in [4.78, 5) is 13.9. The maximum atomic E-state index is 6.99. The Balaban J connectivity index is 1.39. The van der Waals surface area contributed by atoms with Crippen molar-refractivity contribution in [2.24, 2.45) is 11.8 Å². The monoisotopic (exact) mass is 556 g/mol. The molecule has 8 heteroatoms. The molecule has 0 spiro atoms. The fourth-order valence-corrected chi connectivity index (χ4v) is 6.84. The van der Waals surface area contributed by atoms with Crippen LogP contribution in [-0.4, -0.2) is 32.7 Å². The minimum Gasteiger partial charge on any atom is -0.370 e. The van der Waals surface area contributed by atoms with Gasteiger partial charge < -0.3 is 19.7 Å². The normalized spacial score (nSPS) is 23.2. The summed E-state index contributed by atoms with van der Waals surface area (Å²) < 4.78 is 2.25. The number of anilines is 2. The van der Waals surface area contributed by atoms with Crippen molar-refractivity contribution < 1.29 is 0 Å². The van der Waals surface area contributed by atoms with Gasteiger partial charge in [-0.3, -0.25) is 9.97 Å². The van der Waals surface area contributed by atoms with Crippen LogP contribution in [0.4, 0.5) is 11.4 Å². The van der Waals surface area contributed by atoms with Crippen LogP contribution in [0.25, 0.3) is 0 Å². The van der Waals surface area contributed by atoms with Crippen molar-refractivity contribution in [1.29, 1.82) is 0 Å². The third-order valence-electron chi connectivity index (χ3n) is 7.74. The van der Waals surface area contributed by atoms with Crippen molar-refractivity contribution in [3.05, 3.63) is 107 Å². The molecule has 0 aliphatic carbocycles. The molecule has 0 saturated carbocycles. The summed E-state index contributed by atoms with van der Waals surface area (Å²) in [6, 6.07) is 22.4. The summed E-state index contributed by atoms with van der Waals surface area (Å²) in [7, 11) is 0. The lowest BCUT2D eigenvalue weighted by atomic mass is 9.91. The van der Waals surface area contributed by atoms with Gasteiger partial charge in [-0.15, -0.1) is 0 Å². The van der Waals surface area contributed by atoms with Crippen LogP contribution in [-0.2, 0) is 6.54 Å². The Kier molecular flexibility index (Phi) is 7.28. The van der Waals surface area contributed by atoms with E-state index in [9.17, 15) is 0 Å². The van der Waals surface area contributed by atoms with Crippen molar-refractivity contribution in [2.75, 3.05) is 22.9 Å². The first-order valence-corrected chi connectivity index (χ1v) is 14.4. The zero-order chi connectivity index (χ0) is 26.9. The van der Waals surface area contributed by atoms with E-state index in [1.807, 2.05) is 36.7 Å². The van der Waals surface area contributed by atoms with Crippen molar-refractivity contribution in [3.63, 3.8) is 0 Å². The molecule has 6 rings (SSSR count). The fourth-order valence-electron chi connectivity index (χ4n) is 6.20. The molecule has 0 radical (unpaired) electrons. The van der Waals surface area contributed by atoms with Gasteiger partial charge in [0.15, 0.2) is 5.11 Å². The van der Waals surface area contributed by atoms with Crippen LogP contribution < -0.4 is 15.1 Å². The Hall–Kier alpha value is -3.42. The van der Waals surface area contributed by atoms with Crippen molar-refractivity contribution >= 4 is 40.3 Å². The van der Waals surface area contributed by atoms with Gasteiger partial charge in [-0.05, 0) is 85.1 Å². The van der Waals surface area contributed by atoms with Crippen LogP contribution >= 0.6 is 23.8 Å². The van der Waals surface area contributed by atoms with E-state index >= 15 is 0 Å². The van der Waals surface area contributed by atoms with Crippen LogP contribution in [0.3, 0.4) is 0 Å². The highest BCUT2D eigenvalue weighted by Gasteiger charge is 2.42. The van der Waals surface area contributed by atoms with Gasteiger partial charge in [0, 0.05) is 43.1 Å². The Morgan fingerprint density at radius 1 is 0.949 bits per heavy atom. The second kappa shape index (κ2) is 11.0. The molecule has 2 fully saturated rings. The lowest BCUT2D eigenvalue weighted by Crippen LogP contribution is -2.38. The lowest BCUT2D eigenvalue weighted by molar-refractivity contribution is 0.357. The summed E-state index contributed by atoms with van der Waals surface area (Å²) in [5, 5.41) is 4.98. The zero-order valence-corrected chi connectivity index (χ0v) is 23.8. The highest BCUT2D eigenvalue weighted by Crippen LogP contribution is 2.43. The highest BCUT2D eigenvalue weighted by molar-refractivity contribution is 7.80. The molecule has 4 atom stereocenters. The molecule has 4 aromatic rings. The Bertz CT molecular complexity index is 1430. The van der Waals surface area contributed by atoms with Crippen molar-refractivity contribution in [1.82, 2.24) is 19.9 Å². The topological polar surface area (TPSA) is 49.2 Å². The number of pyridine rings is 2. The molecule has 6 nitrogen and oxygen atoms in total. The maximum Gasteiger partial charge on any atom is 0.174 e. The average molecular weight is 557 g/mol. The highest BCUT2D eigenvalue weighted by atomic mass is 35.5. The SMILES string of the molecule is CC1CC(C)CN(c2ccc(N3C(=S)NC(c4ccccn4)C3c3cccn3Cc3ccccn3)cc2Cl)C1. The molecule has 4 unspecified atom stereocenters. The molecule has 0 bridgehead atoms. The van der Waals surface area contributed by atoms with Crippen LogP contribution in [0.2, 0.25) is 5.02 Å². The summed E-state index contributed by atoms with van der Waals surface area (Å²) in [6.07, 6.45) is 7.03. The molecule has 3 aromatic heterocycles. The molecular formula is C31H33ClN6S. The standard InChI is InChI=1S/C31H33ClN6S/c1-21-16-22(2)19-37(18-21)27-12-11-24(17-25(27)32)38-30(29(35-31(38)39)26-9-4-6-14-34-26)28-10-7-15-36(28)20-23-8-3-5-13-33-23/h3-15,17,21-22,29-30H,16,18-20H2,1-2H3,(H,35,39). The van der Waals surface area contributed by atoms with Gasteiger partial charge >= 0.3 is 0 Å². The number of thiocarbonyl (C=S) groups is 1. The zero-order valence-electron chi connectivity index (χ0n) is 22.2. The molecule has 39 heavy (non-hydrogen) atoms. The molecule has 5 heterocycles. The third kappa shape index (κ3) is 5.25. The largest absolute Gasteiger partial charge is 0.370 e. The number of hydrogen-bond donors (Lipinski definition) is 1.